The molecule has 4 heteroatoms. The molecule has 1 N–H and O–H groups in total. The molecule has 0 amide bonds. The van der Waals surface area contributed by atoms with Crippen molar-refractivity contribution in [3.63, 3.8) is 0 Å². The second-order valence-electron chi connectivity index (χ2n) is 4.87. The standard InChI is InChI=1S/C17H11BrN2O/c1-10-2-4-12(7-15(10)18)17(21)14-9-20-16-6-11(8-19)3-5-13(14)16/h2-7,9,20H,1H3. The Morgan fingerprint density at radius 2 is 2.05 bits per heavy atom. The lowest BCUT2D eigenvalue weighted by molar-refractivity contribution is 0.104. The highest BCUT2D eigenvalue weighted by Crippen LogP contribution is 2.24. The van der Waals surface area contributed by atoms with Crippen molar-refractivity contribution in [1.29, 1.82) is 5.26 Å². The maximum atomic E-state index is 12.6. The van der Waals surface area contributed by atoms with Crippen molar-refractivity contribution in [3.05, 3.63) is 69.3 Å². The summed E-state index contributed by atoms with van der Waals surface area (Å²) in [4.78, 5) is 15.7. The van der Waals surface area contributed by atoms with E-state index in [0.29, 0.717) is 16.7 Å². The van der Waals surface area contributed by atoms with Crippen LogP contribution in [-0.4, -0.2) is 10.8 Å². The summed E-state index contributed by atoms with van der Waals surface area (Å²) in [5.74, 6) is -0.0355. The maximum absolute atomic E-state index is 12.6. The molecule has 0 unspecified atom stereocenters. The van der Waals surface area contributed by atoms with Crippen LogP contribution in [0.2, 0.25) is 0 Å². The number of aromatic amines is 1. The number of nitrogens with zero attached hydrogens (tertiary/aromatic N) is 1. The molecule has 0 saturated heterocycles. The molecule has 1 aromatic heterocycles. The van der Waals surface area contributed by atoms with Gasteiger partial charge in [0.25, 0.3) is 0 Å². The zero-order chi connectivity index (χ0) is 15.0. The number of aromatic nitrogens is 1. The van der Waals surface area contributed by atoms with Gasteiger partial charge in [-0.1, -0.05) is 34.1 Å². The van der Waals surface area contributed by atoms with Gasteiger partial charge in [0.05, 0.1) is 11.6 Å². The second kappa shape index (κ2) is 5.19. The first-order valence-corrected chi connectivity index (χ1v) is 7.21. The number of carbonyl (C=O) groups is 1. The van der Waals surface area contributed by atoms with E-state index >= 15 is 0 Å². The topological polar surface area (TPSA) is 56.6 Å². The molecule has 0 aliphatic heterocycles. The lowest BCUT2D eigenvalue weighted by atomic mass is 10.0. The number of carbonyl (C=O) groups excluding carboxylic acids is 1. The monoisotopic (exact) mass is 338 g/mol. The van der Waals surface area contributed by atoms with Crippen molar-refractivity contribution in [2.24, 2.45) is 0 Å². The number of rotatable bonds is 2. The van der Waals surface area contributed by atoms with Crippen LogP contribution >= 0.6 is 15.9 Å². The van der Waals surface area contributed by atoms with Crippen LogP contribution in [0, 0.1) is 18.3 Å². The number of fused-ring (bicyclic) bond motifs is 1. The molecule has 1 heterocycles. The minimum absolute atomic E-state index is 0.0355. The largest absolute Gasteiger partial charge is 0.360 e. The van der Waals surface area contributed by atoms with Gasteiger partial charge in [0, 0.05) is 32.7 Å². The van der Waals surface area contributed by atoms with Crippen LogP contribution in [0.3, 0.4) is 0 Å². The zero-order valence-electron chi connectivity index (χ0n) is 11.3. The summed E-state index contributed by atoms with van der Waals surface area (Å²) >= 11 is 3.45. The van der Waals surface area contributed by atoms with Gasteiger partial charge in [-0.15, -0.1) is 0 Å². The molecule has 3 rings (SSSR count). The van der Waals surface area contributed by atoms with Crippen LogP contribution in [0.1, 0.15) is 27.0 Å². The third-order valence-corrected chi connectivity index (χ3v) is 4.34. The first kappa shape index (κ1) is 13.6. The molecule has 0 bridgehead atoms. The summed E-state index contributed by atoms with van der Waals surface area (Å²) < 4.78 is 0.917. The normalized spacial score (nSPS) is 10.5. The van der Waals surface area contributed by atoms with Gasteiger partial charge in [-0.25, -0.2) is 0 Å². The summed E-state index contributed by atoms with van der Waals surface area (Å²) in [6, 6.07) is 12.9. The Labute approximate surface area is 130 Å². The van der Waals surface area contributed by atoms with Crippen molar-refractivity contribution in [3.8, 4) is 6.07 Å². The predicted octanol–water partition coefficient (Wildman–Crippen LogP) is 4.34. The van der Waals surface area contributed by atoms with Gasteiger partial charge in [-0.05, 0) is 30.7 Å². The van der Waals surface area contributed by atoms with Crippen molar-refractivity contribution in [1.82, 2.24) is 4.98 Å². The van der Waals surface area contributed by atoms with E-state index in [-0.39, 0.29) is 5.78 Å². The Morgan fingerprint density at radius 3 is 2.76 bits per heavy atom. The van der Waals surface area contributed by atoms with Crippen LogP contribution in [0.4, 0.5) is 0 Å². The highest BCUT2D eigenvalue weighted by atomic mass is 79.9. The average molecular weight is 339 g/mol. The molecule has 2 aromatic carbocycles. The number of nitriles is 1. The molecule has 0 spiro atoms. The lowest BCUT2D eigenvalue weighted by Gasteiger charge is -2.03. The van der Waals surface area contributed by atoms with Crippen LogP contribution < -0.4 is 0 Å². The summed E-state index contributed by atoms with van der Waals surface area (Å²) in [7, 11) is 0. The Bertz CT molecular complexity index is 903. The van der Waals surface area contributed by atoms with E-state index in [0.717, 1.165) is 20.9 Å². The molecule has 3 nitrogen and oxygen atoms in total. The number of benzene rings is 2. The third-order valence-electron chi connectivity index (χ3n) is 3.49. The minimum atomic E-state index is -0.0355. The van der Waals surface area contributed by atoms with E-state index in [4.69, 9.17) is 5.26 Å². The van der Waals surface area contributed by atoms with Gasteiger partial charge in [0.2, 0.25) is 0 Å². The number of ketones is 1. The fourth-order valence-corrected chi connectivity index (χ4v) is 2.65. The zero-order valence-corrected chi connectivity index (χ0v) is 12.9. The number of hydrogen-bond donors (Lipinski definition) is 1. The summed E-state index contributed by atoms with van der Waals surface area (Å²) in [5.41, 5.74) is 3.71. The molecular weight excluding hydrogens is 328 g/mol. The molecule has 0 saturated carbocycles. The molecule has 0 aliphatic carbocycles. The first-order chi connectivity index (χ1) is 10.1. The molecule has 0 aliphatic rings. The summed E-state index contributed by atoms with van der Waals surface area (Å²) in [5, 5.41) is 9.74. The van der Waals surface area contributed by atoms with Gasteiger partial charge >= 0.3 is 0 Å². The number of H-pyrrole nitrogens is 1. The number of hydrogen-bond acceptors (Lipinski definition) is 2. The van der Waals surface area contributed by atoms with Gasteiger partial charge in [-0.3, -0.25) is 4.79 Å². The molecular formula is C17H11BrN2O. The highest BCUT2D eigenvalue weighted by Gasteiger charge is 2.15. The predicted molar refractivity (Wildman–Crippen MR) is 85.3 cm³/mol. The molecule has 0 atom stereocenters. The average Bonchev–Trinajstić information content (AvgIpc) is 2.92. The lowest BCUT2D eigenvalue weighted by Crippen LogP contribution is -2.00. The number of nitrogens with one attached hydrogen (secondary N) is 1. The van der Waals surface area contributed by atoms with E-state index < -0.39 is 0 Å². The van der Waals surface area contributed by atoms with Gasteiger partial charge in [-0.2, -0.15) is 5.26 Å². The minimum Gasteiger partial charge on any atom is -0.360 e. The smallest absolute Gasteiger partial charge is 0.195 e. The van der Waals surface area contributed by atoms with Crippen molar-refractivity contribution in [2.75, 3.05) is 0 Å². The van der Waals surface area contributed by atoms with Crippen LogP contribution in [-0.2, 0) is 0 Å². The molecule has 0 fully saturated rings. The van der Waals surface area contributed by atoms with Crippen molar-refractivity contribution in [2.45, 2.75) is 6.92 Å². The Morgan fingerprint density at radius 1 is 1.24 bits per heavy atom. The summed E-state index contributed by atoms with van der Waals surface area (Å²) in [6.07, 6.45) is 1.70. The molecule has 102 valence electrons. The highest BCUT2D eigenvalue weighted by molar-refractivity contribution is 9.10. The van der Waals surface area contributed by atoms with Gasteiger partial charge in [0.1, 0.15) is 0 Å². The number of aryl methyl sites for hydroxylation is 1. The van der Waals surface area contributed by atoms with Crippen molar-refractivity contribution < 1.29 is 4.79 Å². The molecule has 21 heavy (non-hydrogen) atoms. The quantitative estimate of drug-likeness (QED) is 0.706. The van der Waals surface area contributed by atoms with E-state index in [1.54, 1.807) is 24.4 Å². The van der Waals surface area contributed by atoms with Crippen LogP contribution in [0.5, 0.6) is 0 Å². The van der Waals surface area contributed by atoms with Crippen molar-refractivity contribution >= 4 is 32.6 Å². The Hall–Kier alpha value is -2.38. The number of halogens is 1. The van der Waals surface area contributed by atoms with E-state index in [2.05, 4.69) is 27.0 Å². The summed E-state index contributed by atoms with van der Waals surface area (Å²) in [6.45, 7) is 1.98. The van der Waals surface area contributed by atoms with E-state index in [9.17, 15) is 4.79 Å². The fourth-order valence-electron chi connectivity index (χ4n) is 2.27. The fraction of sp³-hybridized carbons (Fsp3) is 0.0588. The van der Waals surface area contributed by atoms with Gasteiger partial charge in [0.15, 0.2) is 5.78 Å². The maximum Gasteiger partial charge on any atom is 0.195 e. The van der Waals surface area contributed by atoms with E-state index in [1.807, 2.05) is 25.1 Å². The molecule has 3 aromatic rings. The van der Waals surface area contributed by atoms with Crippen LogP contribution in [0.15, 0.2) is 47.1 Å². The van der Waals surface area contributed by atoms with E-state index in [1.165, 1.54) is 0 Å². The first-order valence-electron chi connectivity index (χ1n) is 6.42. The Kier molecular flexibility index (Phi) is 3.36. The third kappa shape index (κ3) is 2.37. The van der Waals surface area contributed by atoms with Crippen LogP contribution in [0.25, 0.3) is 10.9 Å². The second-order valence-corrected chi connectivity index (χ2v) is 5.72. The van der Waals surface area contributed by atoms with Gasteiger partial charge < -0.3 is 4.98 Å². The SMILES string of the molecule is Cc1ccc(C(=O)c2c[nH]c3cc(C#N)ccc23)cc1Br. The Balaban J connectivity index is 2.09. The molecule has 0 radical (unpaired) electrons.